The maximum Gasteiger partial charge on any atom is 0.227 e. The topological polar surface area (TPSA) is 47.5 Å². The Morgan fingerprint density at radius 2 is 2.00 bits per heavy atom. The third-order valence-corrected chi connectivity index (χ3v) is 4.08. The average Bonchev–Trinajstić information content (AvgIpc) is 2.58. The molecule has 0 atom stereocenters. The Balaban J connectivity index is 2.04. The average molecular weight is 320 g/mol. The van der Waals surface area contributed by atoms with Gasteiger partial charge in [0.2, 0.25) is 5.95 Å². The molecule has 0 amide bonds. The molecule has 0 N–H and O–H groups in total. The highest BCUT2D eigenvalue weighted by Crippen LogP contribution is 2.30. The molecule has 2 heterocycles. The van der Waals surface area contributed by atoms with E-state index in [-0.39, 0.29) is 0 Å². The molecule has 5 nitrogen and oxygen atoms in total. The lowest BCUT2D eigenvalue weighted by molar-refractivity contribution is 0.122. The number of anilines is 1. The molecule has 1 aliphatic rings. The number of aromatic nitrogens is 2. The van der Waals surface area contributed by atoms with Gasteiger partial charge in [-0.1, -0.05) is 23.7 Å². The maximum absolute atomic E-state index is 6.32. The van der Waals surface area contributed by atoms with E-state index in [0.717, 1.165) is 35.7 Å². The molecule has 0 aliphatic carbocycles. The second-order valence-electron chi connectivity index (χ2n) is 5.12. The first-order valence-electron chi connectivity index (χ1n) is 7.20. The number of nitrogens with zero attached hydrogens (tertiary/aromatic N) is 3. The van der Waals surface area contributed by atoms with Crippen LogP contribution in [0.25, 0.3) is 11.3 Å². The minimum Gasteiger partial charge on any atom is -0.497 e. The van der Waals surface area contributed by atoms with E-state index in [2.05, 4.69) is 9.88 Å². The van der Waals surface area contributed by atoms with Crippen molar-refractivity contribution in [3.8, 4) is 17.0 Å². The Hall–Kier alpha value is -1.85. The van der Waals surface area contributed by atoms with Crippen molar-refractivity contribution in [1.82, 2.24) is 9.97 Å². The molecule has 1 fully saturated rings. The first kappa shape index (κ1) is 15.1. The molecular formula is C16H18ClN3O2. The minimum atomic E-state index is 0.481. The van der Waals surface area contributed by atoms with Crippen LogP contribution in [0, 0.1) is 6.92 Å². The Kier molecular flexibility index (Phi) is 4.45. The van der Waals surface area contributed by atoms with E-state index in [9.17, 15) is 0 Å². The third kappa shape index (κ3) is 3.00. The van der Waals surface area contributed by atoms with Crippen LogP contribution in [0.2, 0.25) is 5.15 Å². The van der Waals surface area contributed by atoms with Crippen molar-refractivity contribution in [3.05, 3.63) is 35.0 Å². The molecule has 0 saturated carbocycles. The van der Waals surface area contributed by atoms with Crippen molar-refractivity contribution < 1.29 is 9.47 Å². The van der Waals surface area contributed by atoms with Crippen LogP contribution < -0.4 is 9.64 Å². The fourth-order valence-electron chi connectivity index (χ4n) is 2.43. The molecule has 1 saturated heterocycles. The van der Waals surface area contributed by atoms with Crippen LogP contribution in [-0.4, -0.2) is 43.4 Å². The Labute approximate surface area is 134 Å². The van der Waals surface area contributed by atoms with Crippen molar-refractivity contribution in [2.45, 2.75) is 6.92 Å². The van der Waals surface area contributed by atoms with Crippen molar-refractivity contribution in [3.63, 3.8) is 0 Å². The number of methoxy groups -OCH3 is 1. The number of rotatable bonds is 3. The summed E-state index contributed by atoms with van der Waals surface area (Å²) in [6.45, 7) is 4.85. The molecule has 0 bridgehead atoms. The molecule has 0 spiro atoms. The van der Waals surface area contributed by atoms with E-state index < -0.39 is 0 Å². The summed E-state index contributed by atoms with van der Waals surface area (Å²) in [5.41, 5.74) is 2.67. The van der Waals surface area contributed by atoms with E-state index in [1.807, 2.05) is 31.2 Å². The van der Waals surface area contributed by atoms with Crippen molar-refractivity contribution in [2.24, 2.45) is 0 Å². The van der Waals surface area contributed by atoms with Gasteiger partial charge in [-0.25, -0.2) is 9.97 Å². The van der Waals surface area contributed by atoms with E-state index in [1.54, 1.807) is 7.11 Å². The number of ether oxygens (including phenoxy) is 2. The van der Waals surface area contributed by atoms with Gasteiger partial charge in [-0.3, -0.25) is 0 Å². The predicted octanol–water partition coefficient (Wildman–Crippen LogP) is 2.95. The quantitative estimate of drug-likeness (QED) is 0.814. The van der Waals surface area contributed by atoms with Crippen LogP contribution in [0.4, 0.5) is 5.95 Å². The maximum atomic E-state index is 6.32. The number of hydrogen-bond acceptors (Lipinski definition) is 5. The van der Waals surface area contributed by atoms with Crippen LogP contribution in [0.1, 0.15) is 5.56 Å². The minimum absolute atomic E-state index is 0.481. The molecule has 3 rings (SSSR count). The van der Waals surface area contributed by atoms with Crippen molar-refractivity contribution in [1.29, 1.82) is 0 Å². The highest BCUT2D eigenvalue weighted by Gasteiger charge is 2.18. The SMILES string of the molecule is COc1cccc(-c2nc(N3CCOCC3)nc(Cl)c2C)c1. The van der Waals surface area contributed by atoms with Gasteiger partial charge in [-0.2, -0.15) is 0 Å². The number of hydrogen-bond donors (Lipinski definition) is 0. The molecule has 1 aliphatic heterocycles. The Morgan fingerprint density at radius 1 is 1.23 bits per heavy atom. The second-order valence-corrected chi connectivity index (χ2v) is 5.48. The normalized spacial score (nSPS) is 15.0. The second kappa shape index (κ2) is 6.50. The van der Waals surface area contributed by atoms with Crippen LogP contribution in [0.5, 0.6) is 5.75 Å². The van der Waals surface area contributed by atoms with Crippen LogP contribution in [-0.2, 0) is 4.74 Å². The molecule has 1 aromatic heterocycles. The summed E-state index contributed by atoms with van der Waals surface area (Å²) in [7, 11) is 1.65. The number of benzene rings is 1. The van der Waals surface area contributed by atoms with Gasteiger partial charge in [-0.15, -0.1) is 0 Å². The first-order valence-corrected chi connectivity index (χ1v) is 7.58. The summed E-state index contributed by atoms with van der Waals surface area (Å²) < 4.78 is 10.7. The lowest BCUT2D eigenvalue weighted by Gasteiger charge is -2.27. The standard InChI is InChI=1S/C16H18ClN3O2/c1-11-14(12-4-3-5-13(10-12)21-2)18-16(19-15(11)17)20-6-8-22-9-7-20/h3-5,10H,6-9H2,1-2H3. The van der Waals surface area contributed by atoms with Gasteiger partial charge in [0.15, 0.2) is 0 Å². The van der Waals surface area contributed by atoms with Crippen molar-refractivity contribution >= 4 is 17.5 Å². The molecule has 0 unspecified atom stereocenters. The summed E-state index contributed by atoms with van der Waals surface area (Å²) in [5, 5.41) is 0.481. The van der Waals surface area contributed by atoms with Crippen molar-refractivity contribution in [2.75, 3.05) is 38.3 Å². The molecule has 116 valence electrons. The molecule has 1 aromatic carbocycles. The van der Waals surface area contributed by atoms with Crippen LogP contribution in [0.3, 0.4) is 0 Å². The highest BCUT2D eigenvalue weighted by atomic mass is 35.5. The smallest absolute Gasteiger partial charge is 0.227 e. The fourth-order valence-corrected chi connectivity index (χ4v) is 2.60. The van der Waals surface area contributed by atoms with Gasteiger partial charge in [0, 0.05) is 24.2 Å². The molecule has 6 heteroatoms. The van der Waals surface area contributed by atoms with E-state index in [0.29, 0.717) is 24.3 Å². The van der Waals surface area contributed by atoms with E-state index >= 15 is 0 Å². The number of morpholine rings is 1. The zero-order valence-corrected chi connectivity index (χ0v) is 13.4. The van der Waals surface area contributed by atoms with Gasteiger partial charge in [0.25, 0.3) is 0 Å². The summed E-state index contributed by atoms with van der Waals surface area (Å²) in [6.07, 6.45) is 0. The zero-order valence-electron chi connectivity index (χ0n) is 12.7. The molecule has 2 aromatic rings. The van der Waals surface area contributed by atoms with Gasteiger partial charge in [-0.05, 0) is 19.1 Å². The lowest BCUT2D eigenvalue weighted by Crippen LogP contribution is -2.37. The Bertz CT molecular complexity index is 672. The summed E-state index contributed by atoms with van der Waals surface area (Å²) >= 11 is 6.32. The highest BCUT2D eigenvalue weighted by molar-refractivity contribution is 6.30. The van der Waals surface area contributed by atoms with Crippen LogP contribution >= 0.6 is 11.6 Å². The monoisotopic (exact) mass is 319 g/mol. The Morgan fingerprint density at radius 3 is 2.73 bits per heavy atom. The zero-order chi connectivity index (χ0) is 15.5. The molecular weight excluding hydrogens is 302 g/mol. The van der Waals surface area contributed by atoms with Gasteiger partial charge >= 0.3 is 0 Å². The lowest BCUT2D eigenvalue weighted by atomic mass is 10.1. The fraction of sp³-hybridized carbons (Fsp3) is 0.375. The molecule has 22 heavy (non-hydrogen) atoms. The first-order chi connectivity index (χ1) is 10.7. The summed E-state index contributed by atoms with van der Waals surface area (Å²) in [6, 6.07) is 7.80. The van der Waals surface area contributed by atoms with Crippen LogP contribution in [0.15, 0.2) is 24.3 Å². The number of halogens is 1. The van der Waals surface area contributed by atoms with E-state index in [4.69, 9.17) is 26.1 Å². The van der Waals surface area contributed by atoms with Gasteiger partial charge in [0.1, 0.15) is 10.9 Å². The summed E-state index contributed by atoms with van der Waals surface area (Å²) in [4.78, 5) is 11.2. The molecule has 0 radical (unpaired) electrons. The largest absolute Gasteiger partial charge is 0.497 e. The van der Waals surface area contributed by atoms with Gasteiger partial charge in [0.05, 0.1) is 26.0 Å². The third-order valence-electron chi connectivity index (χ3n) is 3.71. The predicted molar refractivity (Wildman–Crippen MR) is 86.8 cm³/mol. The summed E-state index contributed by atoms with van der Waals surface area (Å²) in [5.74, 6) is 1.44. The van der Waals surface area contributed by atoms with E-state index in [1.165, 1.54) is 0 Å². The van der Waals surface area contributed by atoms with Gasteiger partial charge < -0.3 is 14.4 Å².